The first kappa shape index (κ1) is 23.5. The van der Waals surface area contributed by atoms with Crippen molar-refractivity contribution in [3.05, 3.63) is 59.1 Å². The standard InChI is InChI=1S/C24H19ClF3N7O2/c1-36-22-17(9-30-23(32-22)37-2)19-8-15(21-29-3-4-34(21)33-19)14-7-13(14)12-5-18(25)16-10-31-35(20(16)6-12)11-24(26,27)28/h3-6,8-10,13-14H,7,11H2,1-2H3/t13?,14-/m0/s1. The molecule has 0 bridgehead atoms. The van der Waals surface area contributed by atoms with Crippen LogP contribution in [-0.4, -0.2) is 54.7 Å². The number of hydrogen-bond acceptors (Lipinski definition) is 7. The SMILES string of the molecule is COc1ncc(-c2cc([C@H]3CC3c3cc(Cl)c4cnn(CC(F)(F)F)c4c3)c3nccn3n2)c(OC)n1. The van der Waals surface area contributed by atoms with Gasteiger partial charge in [-0.25, -0.2) is 14.5 Å². The Kier molecular flexibility index (Phi) is 5.44. The Bertz CT molecular complexity index is 1650. The lowest BCUT2D eigenvalue weighted by Gasteiger charge is -2.11. The van der Waals surface area contributed by atoms with Crippen molar-refractivity contribution in [2.24, 2.45) is 0 Å². The number of rotatable bonds is 6. The molecule has 0 aliphatic heterocycles. The molecule has 0 N–H and O–H groups in total. The van der Waals surface area contributed by atoms with Crippen LogP contribution in [0.25, 0.3) is 27.8 Å². The molecule has 0 amide bonds. The lowest BCUT2D eigenvalue weighted by atomic mass is 10.0. The molecule has 1 aliphatic rings. The molecule has 6 rings (SSSR count). The number of aromatic nitrogens is 7. The van der Waals surface area contributed by atoms with E-state index in [9.17, 15) is 13.2 Å². The largest absolute Gasteiger partial charge is 0.480 e. The molecule has 1 aliphatic carbocycles. The maximum Gasteiger partial charge on any atom is 0.408 e. The first-order valence-corrected chi connectivity index (χ1v) is 11.6. The summed E-state index contributed by atoms with van der Waals surface area (Å²) in [4.78, 5) is 12.9. The summed E-state index contributed by atoms with van der Waals surface area (Å²) in [5, 5.41) is 9.41. The second kappa shape index (κ2) is 8.58. The third-order valence-corrected chi connectivity index (χ3v) is 6.77. The lowest BCUT2D eigenvalue weighted by Crippen LogP contribution is -2.18. The quantitative estimate of drug-likeness (QED) is 0.304. The molecule has 9 nitrogen and oxygen atoms in total. The van der Waals surface area contributed by atoms with Crippen molar-refractivity contribution < 1.29 is 22.6 Å². The molecule has 0 saturated heterocycles. The molecule has 0 spiro atoms. The number of benzene rings is 1. The molecule has 4 aromatic heterocycles. The van der Waals surface area contributed by atoms with Crippen molar-refractivity contribution in [2.45, 2.75) is 31.0 Å². The molecule has 5 aromatic rings. The molecule has 37 heavy (non-hydrogen) atoms. The van der Waals surface area contributed by atoms with E-state index in [-0.39, 0.29) is 17.8 Å². The Morgan fingerprint density at radius 2 is 1.92 bits per heavy atom. The molecule has 1 unspecified atom stereocenters. The Morgan fingerprint density at radius 1 is 1.08 bits per heavy atom. The lowest BCUT2D eigenvalue weighted by molar-refractivity contribution is -0.141. The van der Waals surface area contributed by atoms with Crippen LogP contribution in [0.1, 0.15) is 29.4 Å². The van der Waals surface area contributed by atoms with Gasteiger partial charge in [-0.3, -0.25) is 4.68 Å². The highest BCUT2D eigenvalue weighted by Crippen LogP contribution is 2.56. The fraction of sp³-hybridized carbons (Fsp3) is 0.292. The summed E-state index contributed by atoms with van der Waals surface area (Å²) in [6.07, 6.45) is 2.74. The number of ether oxygens (including phenoxy) is 2. The predicted octanol–water partition coefficient (Wildman–Crippen LogP) is 5.04. The van der Waals surface area contributed by atoms with Gasteiger partial charge in [0.25, 0.3) is 0 Å². The number of fused-ring (bicyclic) bond motifs is 2. The van der Waals surface area contributed by atoms with Gasteiger partial charge in [-0.15, -0.1) is 0 Å². The van der Waals surface area contributed by atoms with Gasteiger partial charge in [0, 0.05) is 29.5 Å². The summed E-state index contributed by atoms with van der Waals surface area (Å²) in [6, 6.07) is 5.65. The fourth-order valence-corrected chi connectivity index (χ4v) is 4.97. The minimum atomic E-state index is -4.39. The number of halogens is 4. The minimum Gasteiger partial charge on any atom is -0.480 e. The van der Waals surface area contributed by atoms with Crippen LogP contribution in [-0.2, 0) is 6.54 Å². The number of nitrogens with zero attached hydrogens (tertiary/aromatic N) is 7. The van der Waals surface area contributed by atoms with E-state index in [1.165, 1.54) is 20.4 Å². The number of alkyl halides is 3. The average Bonchev–Trinajstić information content (AvgIpc) is 3.35. The summed E-state index contributed by atoms with van der Waals surface area (Å²) in [7, 11) is 2.97. The molecule has 190 valence electrons. The average molecular weight is 530 g/mol. The molecule has 1 saturated carbocycles. The van der Waals surface area contributed by atoms with E-state index >= 15 is 0 Å². The summed E-state index contributed by atoms with van der Waals surface area (Å²) >= 11 is 6.45. The van der Waals surface area contributed by atoms with Crippen LogP contribution >= 0.6 is 11.6 Å². The van der Waals surface area contributed by atoms with E-state index in [0.29, 0.717) is 38.7 Å². The first-order chi connectivity index (χ1) is 17.8. The van der Waals surface area contributed by atoms with Crippen LogP contribution in [0.2, 0.25) is 5.02 Å². The van der Waals surface area contributed by atoms with E-state index in [1.807, 2.05) is 6.07 Å². The smallest absolute Gasteiger partial charge is 0.408 e. The third kappa shape index (κ3) is 4.20. The Balaban J connectivity index is 1.40. The fourth-order valence-electron chi connectivity index (χ4n) is 4.70. The zero-order valence-electron chi connectivity index (χ0n) is 19.6. The van der Waals surface area contributed by atoms with Gasteiger partial charge in [0.1, 0.15) is 6.54 Å². The van der Waals surface area contributed by atoms with Crippen molar-refractivity contribution in [1.29, 1.82) is 0 Å². The molecular weight excluding hydrogens is 511 g/mol. The van der Waals surface area contributed by atoms with Crippen LogP contribution in [0, 0.1) is 0 Å². The van der Waals surface area contributed by atoms with Gasteiger partial charge in [-0.1, -0.05) is 11.6 Å². The molecule has 1 aromatic carbocycles. The first-order valence-electron chi connectivity index (χ1n) is 11.3. The molecule has 0 radical (unpaired) electrons. The molecule has 2 atom stereocenters. The van der Waals surface area contributed by atoms with Gasteiger partial charge >= 0.3 is 12.2 Å². The van der Waals surface area contributed by atoms with Crippen molar-refractivity contribution in [1.82, 2.24) is 34.3 Å². The maximum atomic E-state index is 13.1. The molecular formula is C24H19ClF3N7O2. The number of hydrogen-bond donors (Lipinski definition) is 0. The van der Waals surface area contributed by atoms with Crippen molar-refractivity contribution in [3.63, 3.8) is 0 Å². The van der Waals surface area contributed by atoms with Gasteiger partial charge in [0.2, 0.25) is 5.88 Å². The number of methoxy groups -OCH3 is 2. The summed E-state index contributed by atoms with van der Waals surface area (Å²) in [5.74, 6) is 0.414. The van der Waals surface area contributed by atoms with Crippen LogP contribution in [0.4, 0.5) is 13.2 Å². The monoisotopic (exact) mass is 529 g/mol. The van der Waals surface area contributed by atoms with Crippen LogP contribution in [0.5, 0.6) is 11.9 Å². The van der Waals surface area contributed by atoms with E-state index in [2.05, 4.69) is 25.1 Å². The van der Waals surface area contributed by atoms with E-state index in [0.717, 1.165) is 22.2 Å². The van der Waals surface area contributed by atoms with Crippen molar-refractivity contribution in [2.75, 3.05) is 14.2 Å². The third-order valence-electron chi connectivity index (χ3n) is 6.45. The molecule has 4 heterocycles. The summed E-state index contributed by atoms with van der Waals surface area (Å²) in [6.45, 7) is -1.18. The van der Waals surface area contributed by atoms with E-state index < -0.39 is 12.7 Å². The predicted molar refractivity (Wildman–Crippen MR) is 128 cm³/mol. The van der Waals surface area contributed by atoms with Gasteiger partial charge in [0.15, 0.2) is 5.65 Å². The molecule has 13 heteroatoms. The Hall–Kier alpha value is -3.93. The van der Waals surface area contributed by atoms with Crippen LogP contribution < -0.4 is 9.47 Å². The zero-order valence-corrected chi connectivity index (χ0v) is 20.3. The highest BCUT2D eigenvalue weighted by Gasteiger charge is 2.42. The highest BCUT2D eigenvalue weighted by atomic mass is 35.5. The normalized spacial score (nSPS) is 17.5. The van der Waals surface area contributed by atoms with Gasteiger partial charge in [-0.2, -0.15) is 28.4 Å². The summed E-state index contributed by atoms with van der Waals surface area (Å²) in [5.41, 5.74) is 4.00. The zero-order chi connectivity index (χ0) is 25.9. The van der Waals surface area contributed by atoms with E-state index in [1.54, 1.807) is 35.2 Å². The van der Waals surface area contributed by atoms with Gasteiger partial charge in [0.05, 0.1) is 42.2 Å². The second-order valence-electron chi connectivity index (χ2n) is 8.76. The van der Waals surface area contributed by atoms with Crippen molar-refractivity contribution >= 4 is 28.2 Å². The van der Waals surface area contributed by atoms with Crippen molar-refractivity contribution in [3.8, 4) is 23.1 Å². The van der Waals surface area contributed by atoms with Gasteiger partial charge in [-0.05, 0) is 42.0 Å². The van der Waals surface area contributed by atoms with Crippen LogP contribution in [0.15, 0.2) is 43.0 Å². The van der Waals surface area contributed by atoms with E-state index in [4.69, 9.17) is 21.1 Å². The molecule has 1 fully saturated rings. The number of imidazole rings is 1. The van der Waals surface area contributed by atoms with Gasteiger partial charge < -0.3 is 9.47 Å². The Labute approximate surface area is 212 Å². The second-order valence-corrected chi connectivity index (χ2v) is 9.17. The highest BCUT2D eigenvalue weighted by molar-refractivity contribution is 6.35. The summed E-state index contributed by atoms with van der Waals surface area (Å²) < 4.78 is 52.3. The topological polar surface area (TPSA) is 92.3 Å². The Morgan fingerprint density at radius 3 is 2.68 bits per heavy atom. The minimum absolute atomic E-state index is 0.0425. The maximum absolute atomic E-state index is 13.1. The van der Waals surface area contributed by atoms with Crippen LogP contribution in [0.3, 0.4) is 0 Å².